The average Bonchev–Trinajstić information content (AvgIpc) is 2.82. The fraction of sp³-hybridized carbons (Fsp3) is 0.304. The minimum atomic E-state index is -0.601. The standard InChI is InChI=1S/C23H21FN4O4/c24-19-6-5-14(10-20-16-3-1-2-4-17(16)22(30)26-25-20)9-18(19)23(31)27-7-8-28-15(11-27)12-32-13-21(28)29/h1-6,9,15H,7-8,10-13H2,(H,26,30)/t15-/m0/s1. The van der Waals surface area contributed by atoms with Crippen molar-refractivity contribution >= 4 is 22.6 Å². The van der Waals surface area contributed by atoms with E-state index < -0.39 is 11.7 Å². The van der Waals surface area contributed by atoms with Gasteiger partial charge in [-0.1, -0.05) is 24.3 Å². The molecule has 5 rings (SSSR count). The molecule has 3 heterocycles. The highest BCUT2D eigenvalue weighted by atomic mass is 19.1. The monoisotopic (exact) mass is 436 g/mol. The summed E-state index contributed by atoms with van der Waals surface area (Å²) in [5.41, 5.74) is 1.04. The lowest BCUT2D eigenvalue weighted by Crippen LogP contribution is -2.61. The van der Waals surface area contributed by atoms with E-state index in [1.165, 1.54) is 12.1 Å². The van der Waals surface area contributed by atoms with E-state index in [2.05, 4.69) is 10.2 Å². The molecule has 3 aromatic rings. The molecule has 0 unspecified atom stereocenters. The molecule has 2 aliphatic rings. The minimum Gasteiger partial charge on any atom is -0.369 e. The molecule has 2 amide bonds. The van der Waals surface area contributed by atoms with Gasteiger partial charge >= 0.3 is 0 Å². The second-order valence-corrected chi connectivity index (χ2v) is 8.04. The smallest absolute Gasteiger partial charge is 0.272 e. The summed E-state index contributed by atoms with van der Waals surface area (Å²) in [5, 5.41) is 7.90. The molecule has 0 radical (unpaired) electrons. The lowest BCUT2D eigenvalue weighted by molar-refractivity contribution is -0.151. The maximum Gasteiger partial charge on any atom is 0.272 e. The second-order valence-electron chi connectivity index (χ2n) is 8.04. The van der Waals surface area contributed by atoms with Gasteiger partial charge in [0, 0.05) is 31.4 Å². The highest BCUT2D eigenvalue weighted by molar-refractivity contribution is 5.95. The van der Waals surface area contributed by atoms with Crippen LogP contribution in [0.4, 0.5) is 4.39 Å². The molecule has 9 heteroatoms. The topological polar surface area (TPSA) is 95.6 Å². The Balaban J connectivity index is 1.40. The Hall–Kier alpha value is -3.59. The Morgan fingerprint density at radius 2 is 1.97 bits per heavy atom. The van der Waals surface area contributed by atoms with Gasteiger partial charge in [-0.3, -0.25) is 14.4 Å². The van der Waals surface area contributed by atoms with Crippen LogP contribution in [0.25, 0.3) is 10.8 Å². The van der Waals surface area contributed by atoms with Crippen molar-refractivity contribution in [3.63, 3.8) is 0 Å². The molecule has 32 heavy (non-hydrogen) atoms. The largest absolute Gasteiger partial charge is 0.369 e. The maximum absolute atomic E-state index is 14.6. The van der Waals surface area contributed by atoms with Gasteiger partial charge in [-0.25, -0.2) is 9.49 Å². The number of carbonyl (C=O) groups excluding carboxylic acids is 2. The Morgan fingerprint density at radius 3 is 2.81 bits per heavy atom. The molecular weight excluding hydrogens is 415 g/mol. The van der Waals surface area contributed by atoms with Crippen LogP contribution in [-0.4, -0.2) is 70.7 Å². The maximum atomic E-state index is 14.6. The van der Waals surface area contributed by atoms with Gasteiger partial charge in [-0.2, -0.15) is 5.10 Å². The van der Waals surface area contributed by atoms with Crippen LogP contribution in [-0.2, 0) is 16.0 Å². The lowest BCUT2D eigenvalue weighted by atomic mass is 10.0. The fourth-order valence-electron chi connectivity index (χ4n) is 4.39. The number of amides is 2. The molecule has 0 spiro atoms. The number of hydrogen-bond acceptors (Lipinski definition) is 5. The number of H-pyrrole nitrogens is 1. The Labute approximate surface area is 182 Å². The van der Waals surface area contributed by atoms with E-state index in [0.717, 1.165) is 0 Å². The van der Waals surface area contributed by atoms with Crippen molar-refractivity contribution in [2.45, 2.75) is 12.5 Å². The van der Waals surface area contributed by atoms with Gasteiger partial charge in [0.25, 0.3) is 11.5 Å². The van der Waals surface area contributed by atoms with E-state index >= 15 is 0 Å². The van der Waals surface area contributed by atoms with Crippen molar-refractivity contribution in [2.75, 3.05) is 32.8 Å². The van der Waals surface area contributed by atoms with Crippen molar-refractivity contribution in [1.29, 1.82) is 0 Å². The van der Waals surface area contributed by atoms with Crippen molar-refractivity contribution in [3.05, 3.63) is 75.5 Å². The number of aromatic nitrogens is 2. The zero-order valence-corrected chi connectivity index (χ0v) is 17.2. The van der Waals surface area contributed by atoms with Crippen molar-refractivity contribution in [3.8, 4) is 0 Å². The van der Waals surface area contributed by atoms with Gasteiger partial charge in [0.15, 0.2) is 0 Å². The van der Waals surface area contributed by atoms with E-state index in [-0.39, 0.29) is 29.7 Å². The van der Waals surface area contributed by atoms with Gasteiger partial charge in [-0.05, 0) is 23.8 Å². The van der Waals surface area contributed by atoms with Gasteiger partial charge in [0.05, 0.1) is 29.3 Å². The number of aromatic amines is 1. The Bertz CT molecular complexity index is 1270. The summed E-state index contributed by atoms with van der Waals surface area (Å²) < 4.78 is 19.9. The molecule has 164 valence electrons. The number of piperazine rings is 1. The third-order valence-electron chi connectivity index (χ3n) is 6.03. The summed E-state index contributed by atoms with van der Waals surface area (Å²) in [4.78, 5) is 40.4. The number of nitrogens with one attached hydrogen (secondary N) is 1. The van der Waals surface area contributed by atoms with Gasteiger partial charge in [0.2, 0.25) is 5.91 Å². The van der Waals surface area contributed by atoms with Crippen LogP contribution in [0.5, 0.6) is 0 Å². The van der Waals surface area contributed by atoms with Gasteiger partial charge in [-0.15, -0.1) is 0 Å². The van der Waals surface area contributed by atoms with Crippen LogP contribution < -0.4 is 5.56 Å². The molecule has 0 bridgehead atoms. The SMILES string of the molecule is O=C(c1cc(Cc2n[nH]c(=O)c3ccccc23)ccc1F)N1CCN2C(=O)COC[C@@H]2C1. The summed E-state index contributed by atoms with van der Waals surface area (Å²) in [5.74, 6) is -1.10. The number of fused-ring (bicyclic) bond motifs is 2. The Morgan fingerprint density at radius 1 is 1.16 bits per heavy atom. The third-order valence-corrected chi connectivity index (χ3v) is 6.03. The number of rotatable bonds is 3. The highest BCUT2D eigenvalue weighted by Crippen LogP contribution is 2.21. The van der Waals surface area contributed by atoms with Crippen molar-refractivity contribution in [1.82, 2.24) is 20.0 Å². The number of ether oxygens (including phenoxy) is 1. The predicted molar refractivity (Wildman–Crippen MR) is 114 cm³/mol. The molecule has 8 nitrogen and oxygen atoms in total. The van der Waals surface area contributed by atoms with Crippen molar-refractivity contribution in [2.24, 2.45) is 0 Å². The summed E-state index contributed by atoms with van der Waals surface area (Å²) in [7, 11) is 0. The van der Waals surface area contributed by atoms with E-state index in [0.29, 0.717) is 54.7 Å². The molecule has 0 aliphatic carbocycles. The fourth-order valence-corrected chi connectivity index (χ4v) is 4.39. The molecule has 2 fully saturated rings. The molecule has 1 atom stereocenters. The molecular formula is C23H21FN4O4. The number of halogens is 1. The summed E-state index contributed by atoms with van der Waals surface area (Å²) in [6, 6.07) is 11.4. The predicted octanol–water partition coefficient (Wildman–Crippen LogP) is 1.34. The van der Waals surface area contributed by atoms with E-state index in [4.69, 9.17) is 4.74 Å². The van der Waals surface area contributed by atoms with Crippen LogP contribution in [0, 0.1) is 5.82 Å². The zero-order chi connectivity index (χ0) is 22.2. The minimum absolute atomic E-state index is 0.0206. The normalized spacial score (nSPS) is 18.7. The van der Waals surface area contributed by atoms with Crippen LogP contribution in [0.15, 0.2) is 47.3 Å². The number of carbonyl (C=O) groups is 2. The van der Waals surface area contributed by atoms with E-state index in [1.54, 1.807) is 28.0 Å². The quantitative estimate of drug-likeness (QED) is 0.669. The molecule has 2 saturated heterocycles. The number of benzene rings is 2. The van der Waals surface area contributed by atoms with Crippen LogP contribution >= 0.6 is 0 Å². The molecule has 2 aliphatic heterocycles. The van der Waals surface area contributed by atoms with Crippen LogP contribution in [0.2, 0.25) is 0 Å². The number of morpholine rings is 1. The first-order chi connectivity index (χ1) is 15.5. The lowest BCUT2D eigenvalue weighted by Gasteiger charge is -2.43. The van der Waals surface area contributed by atoms with Gasteiger partial charge < -0.3 is 14.5 Å². The summed E-state index contributed by atoms with van der Waals surface area (Å²) >= 11 is 0. The van der Waals surface area contributed by atoms with E-state index in [1.807, 2.05) is 12.1 Å². The summed E-state index contributed by atoms with van der Waals surface area (Å²) in [6.45, 7) is 1.49. The second kappa shape index (κ2) is 8.16. The van der Waals surface area contributed by atoms with E-state index in [9.17, 15) is 18.8 Å². The number of nitrogens with zero attached hydrogens (tertiary/aromatic N) is 3. The third kappa shape index (κ3) is 3.64. The molecule has 1 N–H and O–H groups in total. The average molecular weight is 436 g/mol. The molecule has 0 saturated carbocycles. The first-order valence-corrected chi connectivity index (χ1v) is 10.4. The van der Waals surface area contributed by atoms with Gasteiger partial charge in [0.1, 0.15) is 12.4 Å². The number of hydrogen-bond donors (Lipinski definition) is 1. The van der Waals surface area contributed by atoms with Crippen LogP contribution in [0.3, 0.4) is 0 Å². The van der Waals surface area contributed by atoms with Crippen LogP contribution in [0.1, 0.15) is 21.6 Å². The Kier molecular flexibility index (Phi) is 5.18. The first kappa shape index (κ1) is 20.3. The molecule has 2 aromatic carbocycles. The molecule has 1 aromatic heterocycles. The first-order valence-electron chi connectivity index (χ1n) is 10.4. The highest BCUT2D eigenvalue weighted by Gasteiger charge is 2.36. The van der Waals surface area contributed by atoms with Crippen molar-refractivity contribution < 1.29 is 18.7 Å². The summed E-state index contributed by atoms with van der Waals surface area (Å²) in [6.07, 6.45) is 0.330. The zero-order valence-electron chi connectivity index (χ0n) is 17.2.